The van der Waals surface area contributed by atoms with Crippen LogP contribution in [0.25, 0.3) is 0 Å². The molecule has 0 saturated carbocycles. The lowest BCUT2D eigenvalue weighted by Crippen LogP contribution is -2.50. The van der Waals surface area contributed by atoms with Gasteiger partial charge in [0.1, 0.15) is 0 Å². The first-order valence-corrected chi connectivity index (χ1v) is 9.02. The molecule has 2 atom stereocenters. The van der Waals surface area contributed by atoms with E-state index in [9.17, 15) is 19.8 Å². The maximum absolute atomic E-state index is 12.6. The number of nitrogens with zero attached hydrogens (tertiary/aromatic N) is 2. The van der Waals surface area contributed by atoms with Gasteiger partial charge in [-0.3, -0.25) is 9.59 Å². The van der Waals surface area contributed by atoms with Crippen molar-refractivity contribution in [3.8, 4) is 6.07 Å². The van der Waals surface area contributed by atoms with Crippen LogP contribution in [0.15, 0.2) is 48.5 Å². The molecule has 2 unspecified atom stereocenters. The van der Waals surface area contributed by atoms with Gasteiger partial charge in [-0.05, 0) is 43.3 Å². The number of nitriles is 1. The number of hydrogen-bond acceptors (Lipinski definition) is 5. The van der Waals surface area contributed by atoms with Crippen molar-refractivity contribution in [2.24, 2.45) is 0 Å². The standard InChI is InChI=1S/C20H20ClN3O4/c1-13-2-8-16(9-3-13)24(11-10-21)20(28)18(26)17(25)19(27)23-15-6-4-14(12-22)5-7-15/h2-9,17-18,25-26H,10-11H2,1H3,(H,23,27). The maximum Gasteiger partial charge on any atom is 0.259 e. The number of amides is 2. The predicted molar refractivity (Wildman–Crippen MR) is 106 cm³/mol. The summed E-state index contributed by atoms with van der Waals surface area (Å²) in [6.45, 7) is 1.99. The van der Waals surface area contributed by atoms with Gasteiger partial charge in [0.05, 0.1) is 11.6 Å². The minimum atomic E-state index is -1.98. The van der Waals surface area contributed by atoms with Gasteiger partial charge in [-0.15, -0.1) is 11.6 Å². The monoisotopic (exact) mass is 401 g/mol. The van der Waals surface area contributed by atoms with Crippen LogP contribution < -0.4 is 10.2 Å². The maximum atomic E-state index is 12.6. The van der Waals surface area contributed by atoms with Gasteiger partial charge in [0.2, 0.25) is 0 Å². The van der Waals surface area contributed by atoms with Crippen molar-refractivity contribution in [2.45, 2.75) is 19.1 Å². The van der Waals surface area contributed by atoms with E-state index in [1.165, 1.54) is 29.2 Å². The highest BCUT2D eigenvalue weighted by molar-refractivity contribution is 6.18. The summed E-state index contributed by atoms with van der Waals surface area (Å²) in [6.07, 6.45) is -3.95. The number of halogens is 1. The molecule has 0 aliphatic carbocycles. The second-order valence-corrected chi connectivity index (χ2v) is 6.46. The van der Waals surface area contributed by atoms with Gasteiger partial charge in [-0.1, -0.05) is 17.7 Å². The molecule has 0 aromatic heterocycles. The third-order valence-corrected chi connectivity index (χ3v) is 4.19. The second kappa shape index (κ2) is 9.85. The zero-order chi connectivity index (χ0) is 20.7. The second-order valence-electron chi connectivity index (χ2n) is 6.08. The molecule has 0 aliphatic rings. The molecule has 0 heterocycles. The summed E-state index contributed by atoms with van der Waals surface area (Å²) in [4.78, 5) is 26.1. The van der Waals surface area contributed by atoms with Crippen LogP contribution in [0.2, 0.25) is 0 Å². The molecule has 2 amide bonds. The number of alkyl halides is 1. The van der Waals surface area contributed by atoms with Crippen LogP contribution in [-0.4, -0.2) is 46.7 Å². The van der Waals surface area contributed by atoms with Crippen molar-refractivity contribution >= 4 is 34.8 Å². The number of nitrogens with one attached hydrogen (secondary N) is 1. The van der Waals surface area contributed by atoms with Crippen LogP contribution in [0.1, 0.15) is 11.1 Å². The molecule has 7 nitrogen and oxygen atoms in total. The molecule has 3 N–H and O–H groups in total. The Labute approximate surface area is 167 Å². The van der Waals surface area contributed by atoms with E-state index in [1.54, 1.807) is 24.3 Å². The van der Waals surface area contributed by atoms with E-state index in [1.807, 2.05) is 13.0 Å². The van der Waals surface area contributed by atoms with Gasteiger partial charge in [0, 0.05) is 23.8 Å². The van der Waals surface area contributed by atoms with E-state index in [0.29, 0.717) is 16.9 Å². The largest absolute Gasteiger partial charge is 0.380 e. The van der Waals surface area contributed by atoms with E-state index >= 15 is 0 Å². The molecule has 2 rings (SSSR count). The fourth-order valence-electron chi connectivity index (χ4n) is 2.46. The van der Waals surface area contributed by atoms with Crippen molar-refractivity contribution < 1.29 is 19.8 Å². The lowest BCUT2D eigenvalue weighted by atomic mass is 10.1. The van der Waals surface area contributed by atoms with Crippen molar-refractivity contribution in [1.82, 2.24) is 0 Å². The van der Waals surface area contributed by atoms with Crippen molar-refractivity contribution in [1.29, 1.82) is 5.26 Å². The predicted octanol–water partition coefficient (Wildman–Crippen LogP) is 1.80. The van der Waals surface area contributed by atoms with Gasteiger partial charge in [0.25, 0.3) is 11.8 Å². The number of aliphatic hydroxyl groups is 2. The Morgan fingerprint density at radius 2 is 1.71 bits per heavy atom. The van der Waals surface area contributed by atoms with Gasteiger partial charge < -0.3 is 20.4 Å². The lowest BCUT2D eigenvalue weighted by molar-refractivity contribution is -0.141. The number of anilines is 2. The van der Waals surface area contributed by atoms with Crippen LogP contribution in [-0.2, 0) is 9.59 Å². The summed E-state index contributed by atoms with van der Waals surface area (Å²) in [5, 5.41) is 31.5. The number of carbonyl (C=O) groups excluding carboxylic acids is 2. The summed E-state index contributed by atoms with van der Waals surface area (Å²) in [7, 11) is 0. The Morgan fingerprint density at radius 1 is 1.11 bits per heavy atom. The number of aliphatic hydroxyl groups excluding tert-OH is 2. The number of benzene rings is 2. The molecule has 0 aliphatic heterocycles. The first kappa shape index (κ1) is 21.4. The molecule has 28 heavy (non-hydrogen) atoms. The van der Waals surface area contributed by atoms with Gasteiger partial charge >= 0.3 is 0 Å². The summed E-state index contributed by atoms with van der Waals surface area (Å²) in [5.41, 5.74) is 2.21. The highest BCUT2D eigenvalue weighted by Crippen LogP contribution is 2.18. The zero-order valence-electron chi connectivity index (χ0n) is 15.2. The van der Waals surface area contributed by atoms with E-state index in [0.717, 1.165) is 5.56 Å². The Balaban J connectivity index is 2.10. The average Bonchev–Trinajstić information content (AvgIpc) is 2.71. The molecule has 0 radical (unpaired) electrons. The highest BCUT2D eigenvalue weighted by atomic mass is 35.5. The molecule has 8 heteroatoms. The summed E-state index contributed by atoms with van der Waals surface area (Å²) < 4.78 is 0. The Kier molecular flexibility index (Phi) is 7.52. The van der Waals surface area contributed by atoms with Gasteiger partial charge in [-0.25, -0.2) is 0 Å². The first-order valence-electron chi connectivity index (χ1n) is 8.48. The van der Waals surface area contributed by atoms with Crippen molar-refractivity contribution in [2.75, 3.05) is 22.6 Å². The number of hydrogen-bond donors (Lipinski definition) is 3. The molecule has 2 aromatic carbocycles. The van der Waals surface area contributed by atoms with Gasteiger partial charge in [-0.2, -0.15) is 5.26 Å². The summed E-state index contributed by atoms with van der Waals surface area (Å²) >= 11 is 5.76. The van der Waals surface area contributed by atoms with Crippen LogP contribution in [0.5, 0.6) is 0 Å². The molecule has 0 bridgehead atoms. The lowest BCUT2D eigenvalue weighted by Gasteiger charge is -2.26. The van der Waals surface area contributed by atoms with Gasteiger partial charge in [0.15, 0.2) is 12.2 Å². The van der Waals surface area contributed by atoms with Crippen LogP contribution in [0.3, 0.4) is 0 Å². The smallest absolute Gasteiger partial charge is 0.259 e. The zero-order valence-corrected chi connectivity index (χ0v) is 15.9. The third kappa shape index (κ3) is 5.30. The van der Waals surface area contributed by atoms with E-state index in [-0.39, 0.29) is 12.4 Å². The number of carbonyl (C=O) groups is 2. The Morgan fingerprint density at radius 3 is 2.25 bits per heavy atom. The molecule has 0 saturated heterocycles. The Hall–Kier alpha value is -2.92. The minimum absolute atomic E-state index is 0.102. The topological polar surface area (TPSA) is 114 Å². The fourth-order valence-corrected chi connectivity index (χ4v) is 2.63. The molecule has 0 fully saturated rings. The van der Waals surface area contributed by atoms with E-state index < -0.39 is 24.0 Å². The van der Waals surface area contributed by atoms with Crippen LogP contribution in [0, 0.1) is 18.3 Å². The quantitative estimate of drug-likeness (QED) is 0.612. The molecule has 2 aromatic rings. The average molecular weight is 402 g/mol. The highest BCUT2D eigenvalue weighted by Gasteiger charge is 2.34. The van der Waals surface area contributed by atoms with E-state index in [2.05, 4.69) is 5.32 Å². The molecular formula is C20H20ClN3O4. The minimum Gasteiger partial charge on any atom is -0.380 e. The number of aryl methyl sites for hydroxylation is 1. The van der Waals surface area contributed by atoms with E-state index in [4.69, 9.17) is 16.9 Å². The molecular weight excluding hydrogens is 382 g/mol. The summed E-state index contributed by atoms with van der Waals surface area (Å²) in [6, 6.07) is 14.8. The SMILES string of the molecule is Cc1ccc(N(CCCl)C(=O)C(O)C(O)C(=O)Nc2ccc(C#N)cc2)cc1. The van der Waals surface area contributed by atoms with Crippen molar-refractivity contribution in [3.63, 3.8) is 0 Å². The first-order chi connectivity index (χ1) is 13.4. The van der Waals surface area contributed by atoms with Crippen molar-refractivity contribution in [3.05, 3.63) is 59.7 Å². The third-order valence-electron chi connectivity index (χ3n) is 4.02. The normalized spacial score (nSPS) is 12.5. The van der Waals surface area contributed by atoms with Crippen LogP contribution >= 0.6 is 11.6 Å². The molecule has 0 spiro atoms. The molecule has 146 valence electrons. The fraction of sp³-hybridized carbons (Fsp3) is 0.250. The van der Waals surface area contributed by atoms with Crippen LogP contribution in [0.4, 0.5) is 11.4 Å². The Bertz CT molecular complexity index is 863. The number of rotatable bonds is 7. The summed E-state index contributed by atoms with van der Waals surface area (Å²) in [5.74, 6) is -1.67.